The number of halogens is 2. The molecule has 37 heavy (non-hydrogen) atoms. The molecule has 1 N–H and O–H groups in total. The molecule has 0 fully saturated rings. The number of nitrogens with zero attached hydrogens (tertiary/aromatic N) is 1. The second-order valence-corrected chi connectivity index (χ2v) is 11.2. The van der Waals surface area contributed by atoms with Crippen LogP contribution in [0.3, 0.4) is 0 Å². The van der Waals surface area contributed by atoms with E-state index in [0.717, 1.165) is 19.0 Å². The van der Waals surface area contributed by atoms with Gasteiger partial charge in [0.1, 0.15) is 24.7 Å². The fraction of sp³-hybridized carbons (Fsp3) is 0.107. The molecule has 0 atom stereocenters. The van der Waals surface area contributed by atoms with Gasteiger partial charge in [0.15, 0.2) is 0 Å². The highest BCUT2D eigenvalue weighted by atomic mass is 127. The average molecular weight is 630 g/mol. The molecule has 4 aromatic rings. The first-order chi connectivity index (χ1) is 17.8. The van der Waals surface area contributed by atoms with E-state index in [1.54, 1.807) is 66.7 Å². The van der Waals surface area contributed by atoms with Gasteiger partial charge in [0, 0.05) is 10.1 Å². The van der Waals surface area contributed by atoms with E-state index in [1.165, 1.54) is 24.3 Å². The van der Waals surface area contributed by atoms with Gasteiger partial charge in [-0.1, -0.05) is 42.5 Å². The van der Waals surface area contributed by atoms with Gasteiger partial charge in [-0.25, -0.2) is 12.8 Å². The van der Waals surface area contributed by atoms with Crippen molar-refractivity contribution >= 4 is 44.2 Å². The Labute approximate surface area is 229 Å². The summed E-state index contributed by atoms with van der Waals surface area (Å²) in [4.78, 5) is 12.9. The van der Waals surface area contributed by atoms with E-state index in [-0.39, 0.29) is 23.8 Å². The number of amides is 1. The summed E-state index contributed by atoms with van der Waals surface area (Å²) in [6, 6.07) is 28.3. The summed E-state index contributed by atoms with van der Waals surface area (Å²) in [5.41, 5.74) is 2.08. The standard InChI is InChI=1S/C28H24FIN2O4S/c29-23-10-6-22(7-11-23)20-36-26-16-8-21(9-17-26)18-31-28(33)19-32(25-14-12-24(30)13-15-25)37(34,35)27-4-2-1-3-5-27/h1-17H,18-20H2,(H,31,33). The van der Waals surface area contributed by atoms with Gasteiger partial charge < -0.3 is 10.1 Å². The molecule has 4 rings (SSSR count). The molecule has 0 bridgehead atoms. The lowest BCUT2D eigenvalue weighted by Gasteiger charge is -2.24. The summed E-state index contributed by atoms with van der Waals surface area (Å²) in [5.74, 6) is -0.0950. The number of sulfonamides is 1. The highest BCUT2D eigenvalue weighted by molar-refractivity contribution is 14.1. The Bertz CT molecular complexity index is 1430. The van der Waals surface area contributed by atoms with E-state index in [0.29, 0.717) is 18.0 Å². The lowest BCUT2D eigenvalue weighted by atomic mass is 10.2. The largest absolute Gasteiger partial charge is 0.489 e. The fourth-order valence-electron chi connectivity index (χ4n) is 3.48. The average Bonchev–Trinajstić information content (AvgIpc) is 2.92. The first kappa shape index (κ1) is 26.6. The Kier molecular flexibility index (Phi) is 8.78. The van der Waals surface area contributed by atoms with Crippen LogP contribution in [-0.2, 0) is 28.0 Å². The Balaban J connectivity index is 1.39. The monoisotopic (exact) mass is 630 g/mol. The first-order valence-electron chi connectivity index (χ1n) is 11.4. The first-order valence-corrected chi connectivity index (χ1v) is 13.9. The molecule has 9 heteroatoms. The molecule has 0 saturated heterocycles. The third kappa shape index (κ3) is 7.30. The van der Waals surface area contributed by atoms with Crippen molar-refractivity contribution in [3.8, 4) is 5.75 Å². The molecular weight excluding hydrogens is 606 g/mol. The summed E-state index contributed by atoms with van der Waals surface area (Å²) in [6.07, 6.45) is 0. The van der Waals surface area contributed by atoms with Crippen LogP contribution in [0.1, 0.15) is 11.1 Å². The minimum Gasteiger partial charge on any atom is -0.489 e. The van der Waals surface area contributed by atoms with Crippen molar-refractivity contribution < 1.29 is 22.3 Å². The van der Waals surface area contributed by atoms with Crippen molar-refractivity contribution in [1.29, 1.82) is 0 Å². The molecular formula is C28H24FIN2O4S. The van der Waals surface area contributed by atoms with Gasteiger partial charge in [-0.3, -0.25) is 9.10 Å². The molecule has 0 aliphatic rings. The maximum atomic E-state index is 13.4. The summed E-state index contributed by atoms with van der Waals surface area (Å²) in [5, 5.41) is 2.79. The fourth-order valence-corrected chi connectivity index (χ4v) is 5.28. The summed E-state index contributed by atoms with van der Waals surface area (Å²) >= 11 is 2.14. The van der Waals surface area contributed by atoms with Crippen LogP contribution < -0.4 is 14.4 Å². The topological polar surface area (TPSA) is 75.7 Å². The van der Waals surface area contributed by atoms with Crippen LogP contribution in [0, 0.1) is 9.39 Å². The SMILES string of the molecule is O=C(CN(c1ccc(I)cc1)S(=O)(=O)c1ccccc1)NCc1ccc(OCc2ccc(F)cc2)cc1. The van der Waals surface area contributed by atoms with Crippen LogP contribution in [0.15, 0.2) is 108 Å². The number of hydrogen-bond acceptors (Lipinski definition) is 4. The maximum absolute atomic E-state index is 13.4. The van der Waals surface area contributed by atoms with Crippen molar-refractivity contribution in [2.24, 2.45) is 0 Å². The van der Waals surface area contributed by atoms with Crippen molar-refractivity contribution in [3.05, 3.63) is 124 Å². The summed E-state index contributed by atoms with van der Waals surface area (Å²) in [6.45, 7) is 0.167. The predicted octanol–water partition coefficient (Wildman–Crippen LogP) is 5.52. The number of anilines is 1. The zero-order valence-corrected chi connectivity index (χ0v) is 22.7. The van der Waals surface area contributed by atoms with E-state index in [1.807, 2.05) is 12.1 Å². The number of nitrogens with one attached hydrogen (secondary N) is 1. The number of rotatable bonds is 10. The number of carbonyl (C=O) groups excluding carboxylic acids is 1. The molecule has 190 valence electrons. The zero-order chi connectivity index (χ0) is 26.3. The lowest BCUT2D eigenvalue weighted by Crippen LogP contribution is -2.40. The van der Waals surface area contributed by atoms with Gasteiger partial charge in [-0.05, 0) is 94.4 Å². The molecule has 0 spiro atoms. The van der Waals surface area contributed by atoms with Crippen molar-refractivity contribution in [3.63, 3.8) is 0 Å². The normalized spacial score (nSPS) is 11.1. The van der Waals surface area contributed by atoms with E-state index in [4.69, 9.17) is 4.74 Å². The molecule has 0 aliphatic heterocycles. The quantitative estimate of drug-likeness (QED) is 0.234. The van der Waals surface area contributed by atoms with E-state index < -0.39 is 15.9 Å². The van der Waals surface area contributed by atoms with Crippen molar-refractivity contribution in [2.45, 2.75) is 18.0 Å². The van der Waals surface area contributed by atoms with Gasteiger partial charge in [-0.15, -0.1) is 0 Å². The van der Waals surface area contributed by atoms with Gasteiger partial charge in [-0.2, -0.15) is 0 Å². The molecule has 1 amide bonds. The van der Waals surface area contributed by atoms with Gasteiger partial charge in [0.2, 0.25) is 5.91 Å². The summed E-state index contributed by atoms with van der Waals surface area (Å²) < 4.78 is 47.5. The highest BCUT2D eigenvalue weighted by Gasteiger charge is 2.27. The second-order valence-electron chi connectivity index (χ2n) is 8.14. The molecule has 0 heterocycles. The van der Waals surface area contributed by atoms with Crippen LogP contribution in [0.25, 0.3) is 0 Å². The number of ether oxygens (including phenoxy) is 1. The molecule has 0 aliphatic carbocycles. The Morgan fingerprint density at radius 2 is 1.46 bits per heavy atom. The lowest BCUT2D eigenvalue weighted by molar-refractivity contribution is -0.119. The van der Waals surface area contributed by atoms with Crippen LogP contribution in [0.2, 0.25) is 0 Å². The van der Waals surface area contributed by atoms with Gasteiger partial charge in [0.05, 0.1) is 10.6 Å². The van der Waals surface area contributed by atoms with E-state index in [2.05, 4.69) is 27.9 Å². The highest BCUT2D eigenvalue weighted by Crippen LogP contribution is 2.24. The molecule has 0 radical (unpaired) electrons. The Morgan fingerprint density at radius 3 is 2.11 bits per heavy atom. The second kappa shape index (κ2) is 12.2. The summed E-state index contributed by atoms with van der Waals surface area (Å²) in [7, 11) is -3.95. The van der Waals surface area contributed by atoms with Crippen molar-refractivity contribution in [1.82, 2.24) is 5.32 Å². The molecule has 0 saturated carbocycles. The molecule has 0 aromatic heterocycles. The Morgan fingerprint density at radius 1 is 0.838 bits per heavy atom. The minimum atomic E-state index is -3.95. The number of carbonyl (C=O) groups is 1. The van der Waals surface area contributed by atoms with E-state index >= 15 is 0 Å². The number of hydrogen-bond donors (Lipinski definition) is 1. The van der Waals surface area contributed by atoms with Crippen LogP contribution in [0.4, 0.5) is 10.1 Å². The minimum absolute atomic E-state index is 0.109. The van der Waals surface area contributed by atoms with Gasteiger partial charge >= 0.3 is 0 Å². The third-order valence-corrected chi connectivity index (χ3v) is 7.97. The third-order valence-electron chi connectivity index (χ3n) is 5.46. The molecule has 6 nitrogen and oxygen atoms in total. The van der Waals surface area contributed by atoms with Crippen LogP contribution in [-0.4, -0.2) is 20.9 Å². The van der Waals surface area contributed by atoms with Crippen LogP contribution in [0.5, 0.6) is 5.75 Å². The maximum Gasteiger partial charge on any atom is 0.264 e. The smallest absolute Gasteiger partial charge is 0.264 e. The van der Waals surface area contributed by atoms with Gasteiger partial charge in [0.25, 0.3) is 10.0 Å². The van der Waals surface area contributed by atoms with Crippen LogP contribution >= 0.6 is 22.6 Å². The zero-order valence-electron chi connectivity index (χ0n) is 19.7. The van der Waals surface area contributed by atoms with Crippen molar-refractivity contribution in [2.75, 3.05) is 10.8 Å². The molecule has 4 aromatic carbocycles. The Hall–Kier alpha value is -3.44. The molecule has 0 unspecified atom stereocenters. The predicted molar refractivity (Wildman–Crippen MR) is 149 cm³/mol. The number of benzene rings is 4. The van der Waals surface area contributed by atoms with E-state index in [9.17, 15) is 17.6 Å².